The Morgan fingerprint density at radius 2 is 2.11 bits per heavy atom. The van der Waals surface area contributed by atoms with Crippen LogP contribution in [-0.4, -0.2) is 23.3 Å². The van der Waals surface area contributed by atoms with Crippen molar-refractivity contribution in [2.24, 2.45) is 5.92 Å². The number of hydrogen-bond acceptors (Lipinski definition) is 3. The summed E-state index contributed by atoms with van der Waals surface area (Å²) in [6.45, 7) is 4.30. The van der Waals surface area contributed by atoms with Crippen molar-refractivity contribution in [2.75, 3.05) is 18.0 Å². The number of aromatic amines is 1. The van der Waals surface area contributed by atoms with Gasteiger partial charge in [0.25, 0.3) is 5.56 Å². The number of benzene rings is 1. The van der Waals surface area contributed by atoms with Crippen molar-refractivity contribution < 1.29 is 0 Å². The van der Waals surface area contributed by atoms with Gasteiger partial charge >= 0.3 is 0 Å². The molecule has 1 aromatic heterocycles. The highest BCUT2D eigenvalue weighted by atomic mass is 16.1. The van der Waals surface area contributed by atoms with Crippen LogP contribution in [0.15, 0.2) is 29.1 Å². The van der Waals surface area contributed by atoms with E-state index in [4.69, 9.17) is 0 Å². The summed E-state index contributed by atoms with van der Waals surface area (Å²) >= 11 is 0. The van der Waals surface area contributed by atoms with Crippen molar-refractivity contribution in [3.05, 3.63) is 34.6 Å². The van der Waals surface area contributed by atoms with E-state index in [0.29, 0.717) is 5.92 Å². The lowest BCUT2D eigenvalue weighted by molar-refractivity contribution is 0.444. The summed E-state index contributed by atoms with van der Waals surface area (Å²) < 4.78 is 0. The molecule has 0 aliphatic carbocycles. The molecule has 1 fully saturated rings. The molecule has 18 heavy (non-hydrogen) atoms. The Kier molecular flexibility index (Phi) is 2.78. The van der Waals surface area contributed by atoms with E-state index in [-0.39, 0.29) is 5.56 Å². The number of hydrogen-bond donors (Lipinski definition) is 1. The molecule has 1 aliphatic rings. The molecule has 4 nitrogen and oxygen atoms in total. The van der Waals surface area contributed by atoms with Crippen molar-refractivity contribution in [3.63, 3.8) is 0 Å². The maximum atomic E-state index is 11.7. The molecule has 0 bridgehead atoms. The Hall–Kier alpha value is -1.84. The Morgan fingerprint density at radius 1 is 1.33 bits per heavy atom. The van der Waals surface area contributed by atoms with E-state index < -0.39 is 0 Å². The van der Waals surface area contributed by atoms with Crippen LogP contribution < -0.4 is 10.5 Å². The van der Waals surface area contributed by atoms with Gasteiger partial charge in [0.2, 0.25) is 0 Å². The summed E-state index contributed by atoms with van der Waals surface area (Å²) in [6, 6.07) is 7.68. The summed E-state index contributed by atoms with van der Waals surface area (Å²) in [5.41, 5.74) is -0.112. The van der Waals surface area contributed by atoms with Gasteiger partial charge in [-0.2, -0.15) is 5.10 Å². The fourth-order valence-corrected chi connectivity index (χ4v) is 2.72. The van der Waals surface area contributed by atoms with Crippen LogP contribution in [0.5, 0.6) is 0 Å². The average molecular weight is 243 g/mol. The second kappa shape index (κ2) is 4.44. The molecule has 0 amide bonds. The van der Waals surface area contributed by atoms with Gasteiger partial charge in [-0.15, -0.1) is 0 Å². The number of rotatable bonds is 1. The van der Waals surface area contributed by atoms with Gasteiger partial charge in [-0.05, 0) is 24.8 Å². The molecule has 0 spiro atoms. The van der Waals surface area contributed by atoms with Crippen LogP contribution in [0, 0.1) is 5.92 Å². The van der Waals surface area contributed by atoms with Crippen LogP contribution >= 0.6 is 0 Å². The van der Waals surface area contributed by atoms with Crippen molar-refractivity contribution in [3.8, 4) is 0 Å². The highest BCUT2D eigenvalue weighted by Crippen LogP contribution is 2.25. The molecule has 94 valence electrons. The monoisotopic (exact) mass is 243 g/mol. The van der Waals surface area contributed by atoms with Crippen molar-refractivity contribution in [1.29, 1.82) is 0 Å². The van der Waals surface area contributed by atoms with E-state index in [2.05, 4.69) is 22.0 Å². The first kappa shape index (κ1) is 11.3. The first-order valence-electron chi connectivity index (χ1n) is 6.48. The highest BCUT2D eigenvalue weighted by molar-refractivity contribution is 5.91. The van der Waals surface area contributed by atoms with Crippen LogP contribution in [0.4, 0.5) is 5.82 Å². The number of piperidine rings is 1. The molecular formula is C14H17N3O. The molecule has 0 saturated carbocycles. The predicted molar refractivity (Wildman–Crippen MR) is 73.0 cm³/mol. The molecule has 0 radical (unpaired) electrons. The van der Waals surface area contributed by atoms with Gasteiger partial charge < -0.3 is 4.90 Å². The van der Waals surface area contributed by atoms with Crippen LogP contribution in [0.25, 0.3) is 10.8 Å². The standard InChI is InChI=1S/C14H17N3O/c1-10-5-4-8-17(9-10)13-11-6-2-3-7-12(11)14(18)16-15-13/h2-3,6-7,10H,4-5,8-9H2,1H3,(H,16,18). The third kappa shape index (κ3) is 1.88. The number of nitrogens with zero attached hydrogens (tertiary/aromatic N) is 2. The molecule has 1 saturated heterocycles. The molecule has 1 aliphatic heterocycles. The zero-order valence-corrected chi connectivity index (χ0v) is 10.5. The lowest BCUT2D eigenvalue weighted by Gasteiger charge is -2.32. The van der Waals surface area contributed by atoms with Gasteiger partial charge in [0, 0.05) is 18.5 Å². The van der Waals surface area contributed by atoms with Crippen LogP contribution in [-0.2, 0) is 0 Å². The molecule has 3 rings (SSSR count). The zero-order chi connectivity index (χ0) is 12.5. The number of nitrogens with one attached hydrogen (secondary N) is 1. The molecule has 1 atom stereocenters. The van der Waals surface area contributed by atoms with Crippen molar-refractivity contribution >= 4 is 16.6 Å². The van der Waals surface area contributed by atoms with Crippen LogP contribution in [0.3, 0.4) is 0 Å². The quantitative estimate of drug-likeness (QED) is 0.835. The van der Waals surface area contributed by atoms with E-state index >= 15 is 0 Å². The molecule has 1 unspecified atom stereocenters. The van der Waals surface area contributed by atoms with Crippen molar-refractivity contribution in [2.45, 2.75) is 19.8 Å². The first-order chi connectivity index (χ1) is 8.75. The minimum Gasteiger partial charge on any atom is -0.354 e. The SMILES string of the molecule is CC1CCCN(c2n[nH]c(=O)c3ccccc23)C1. The normalized spacial score (nSPS) is 20.3. The number of aromatic nitrogens is 2. The molecule has 4 heteroatoms. The highest BCUT2D eigenvalue weighted by Gasteiger charge is 2.19. The fraction of sp³-hybridized carbons (Fsp3) is 0.429. The maximum Gasteiger partial charge on any atom is 0.272 e. The predicted octanol–water partition coefficient (Wildman–Crippen LogP) is 2.16. The molecule has 2 aromatic rings. The third-order valence-corrected chi connectivity index (χ3v) is 3.63. The Bertz CT molecular complexity index is 620. The fourth-order valence-electron chi connectivity index (χ4n) is 2.72. The number of anilines is 1. The second-order valence-corrected chi connectivity index (χ2v) is 5.12. The van der Waals surface area contributed by atoms with Crippen molar-refractivity contribution in [1.82, 2.24) is 10.2 Å². The Morgan fingerprint density at radius 3 is 2.89 bits per heavy atom. The molecule has 2 heterocycles. The smallest absolute Gasteiger partial charge is 0.272 e. The zero-order valence-electron chi connectivity index (χ0n) is 10.5. The maximum absolute atomic E-state index is 11.7. The minimum absolute atomic E-state index is 0.112. The van der Waals surface area contributed by atoms with Gasteiger partial charge in [0.15, 0.2) is 5.82 Å². The van der Waals surface area contributed by atoms with Gasteiger partial charge in [0.1, 0.15) is 0 Å². The lowest BCUT2D eigenvalue weighted by Crippen LogP contribution is -2.35. The van der Waals surface area contributed by atoms with E-state index in [1.54, 1.807) is 0 Å². The van der Waals surface area contributed by atoms with Crippen LogP contribution in [0.2, 0.25) is 0 Å². The number of H-pyrrole nitrogens is 1. The minimum atomic E-state index is -0.112. The average Bonchev–Trinajstić information content (AvgIpc) is 2.39. The van der Waals surface area contributed by atoms with Gasteiger partial charge in [0.05, 0.1) is 5.39 Å². The summed E-state index contributed by atoms with van der Waals surface area (Å²) in [4.78, 5) is 14.0. The second-order valence-electron chi connectivity index (χ2n) is 5.12. The summed E-state index contributed by atoms with van der Waals surface area (Å²) in [5, 5.41) is 8.54. The van der Waals surface area contributed by atoms with E-state index in [9.17, 15) is 4.79 Å². The van der Waals surface area contributed by atoms with E-state index in [1.165, 1.54) is 12.8 Å². The van der Waals surface area contributed by atoms with Gasteiger partial charge in [-0.1, -0.05) is 25.1 Å². The molecular weight excluding hydrogens is 226 g/mol. The van der Waals surface area contributed by atoms with Gasteiger partial charge in [-0.25, -0.2) is 5.10 Å². The number of fused-ring (bicyclic) bond motifs is 1. The summed E-state index contributed by atoms with van der Waals surface area (Å²) in [6.07, 6.45) is 2.47. The van der Waals surface area contributed by atoms with Gasteiger partial charge in [-0.3, -0.25) is 4.79 Å². The van der Waals surface area contributed by atoms with E-state index in [0.717, 1.165) is 29.7 Å². The van der Waals surface area contributed by atoms with Crippen LogP contribution in [0.1, 0.15) is 19.8 Å². The van der Waals surface area contributed by atoms with E-state index in [1.807, 2.05) is 24.3 Å². The molecule has 1 N–H and O–H groups in total. The Balaban J connectivity index is 2.12. The Labute approximate surface area is 106 Å². The lowest BCUT2D eigenvalue weighted by atomic mass is 10.00. The third-order valence-electron chi connectivity index (χ3n) is 3.63. The molecule has 1 aromatic carbocycles. The topological polar surface area (TPSA) is 49.0 Å². The summed E-state index contributed by atoms with van der Waals surface area (Å²) in [5.74, 6) is 1.60. The first-order valence-corrected chi connectivity index (χ1v) is 6.48. The summed E-state index contributed by atoms with van der Waals surface area (Å²) in [7, 11) is 0. The largest absolute Gasteiger partial charge is 0.354 e.